The van der Waals surface area contributed by atoms with Crippen molar-refractivity contribution in [1.29, 1.82) is 0 Å². The summed E-state index contributed by atoms with van der Waals surface area (Å²) < 4.78 is 6.68. The Kier molecular flexibility index (Phi) is 4.84. The second-order valence-corrected chi connectivity index (χ2v) is 5.89. The van der Waals surface area contributed by atoms with E-state index >= 15 is 0 Å². The van der Waals surface area contributed by atoms with Gasteiger partial charge in [0.2, 0.25) is 5.78 Å². The minimum atomic E-state index is -0.552. The van der Waals surface area contributed by atoms with Crippen LogP contribution in [-0.4, -0.2) is 11.9 Å². The molecule has 0 saturated carbocycles. The number of benzene rings is 2. The zero-order valence-electron chi connectivity index (χ0n) is 11.2. The van der Waals surface area contributed by atoms with Gasteiger partial charge in [-0.1, -0.05) is 33.6 Å². The zero-order chi connectivity index (χ0) is 14.7. The summed E-state index contributed by atoms with van der Waals surface area (Å²) in [5, 5.41) is 0.609. The molecule has 20 heavy (non-hydrogen) atoms. The van der Waals surface area contributed by atoms with Crippen molar-refractivity contribution in [1.82, 2.24) is 0 Å². The van der Waals surface area contributed by atoms with Crippen molar-refractivity contribution in [3.8, 4) is 5.75 Å². The molecule has 104 valence electrons. The number of ketones is 1. The van der Waals surface area contributed by atoms with Gasteiger partial charge in [0.15, 0.2) is 6.10 Å². The Morgan fingerprint density at radius 2 is 1.85 bits per heavy atom. The molecule has 0 fully saturated rings. The number of rotatable bonds is 4. The summed E-state index contributed by atoms with van der Waals surface area (Å²) >= 11 is 9.21. The summed E-state index contributed by atoms with van der Waals surface area (Å²) in [6, 6.07) is 12.6. The number of Topliss-reactive ketones (excluding diaryl/α,β-unsaturated/α-hetero) is 1. The largest absolute Gasteiger partial charge is 0.482 e. The van der Waals surface area contributed by atoms with E-state index in [9.17, 15) is 4.79 Å². The van der Waals surface area contributed by atoms with Crippen molar-refractivity contribution < 1.29 is 9.53 Å². The third kappa shape index (κ3) is 3.62. The SMILES string of the molecule is Cc1ccc(Br)cc1OC(C)C(=O)c1ccc(Cl)cc1. The van der Waals surface area contributed by atoms with Crippen LogP contribution in [0.15, 0.2) is 46.9 Å². The van der Waals surface area contributed by atoms with Crippen molar-refractivity contribution in [3.05, 3.63) is 63.1 Å². The quantitative estimate of drug-likeness (QED) is 0.718. The van der Waals surface area contributed by atoms with Crippen LogP contribution in [0.4, 0.5) is 0 Å². The summed E-state index contributed by atoms with van der Waals surface area (Å²) in [6.07, 6.45) is -0.552. The number of hydrogen-bond donors (Lipinski definition) is 0. The van der Waals surface area contributed by atoms with E-state index in [-0.39, 0.29) is 5.78 Å². The standard InChI is InChI=1S/C16H14BrClO2/c1-10-3-6-13(17)9-15(10)20-11(2)16(19)12-4-7-14(18)8-5-12/h3-9,11H,1-2H3. The second-order valence-electron chi connectivity index (χ2n) is 4.54. The number of halogens is 2. The van der Waals surface area contributed by atoms with E-state index in [1.807, 2.05) is 25.1 Å². The minimum absolute atomic E-state index is 0.0685. The molecule has 0 aliphatic heterocycles. The fourth-order valence-electron chi connectivity index (χ4n) is 1.79. The molecule has 0 radical (unpaired) electrons. The lowest BCUT2D eigenvalue weighted by atomic mass is 10.1. The maximum absolute atomic E-state index is 12.3. The molecule has 0 aliphatic carbocycles. The molecule has 0 aromatic heterocycles. The van der Waals surface area contributed by atoms with Gasteiger partial charge in [-0.3, -0.25) is 4.79 Å². The molecular weight excluding hydrogens is 340 g/mol. The molecule has 2 aromatic carbocycles. The Morgan fingerprint density at radius 1 is 1.20 bits per heavy atom. The van der Waals surface area contributed by atoms with Crippen LogP contribution >= 0.6 is 27.5 Å². The third-order valence-corrected chi connectivity index (χ3v) is 3.70. The van der Waals surface area contributed by atoms with Gasteiger partial charge in [-0.2, -0.15) is 0 Å². The highest BCUT2D eigenvalue weighted by molar-refractivity contribution is 9.10. The summed E-state index contributed by atoms with van der Waals surface area (Å²) in [7, 11) is 0. The first-order valence-corrected chi connectivity index (χ1v) is 7.37. The molecule has 0 saturated heterocycles. The average molecular weight is 354 g/mol. The van der Waals surface area contributed by atoms with Gasteiger partial charge in [-0.05, 0) is 55.8 Å². The highest BCUT2D eigenvalue weighted by Gasteiger charge is 2.17. The molecule has 0 N–H and O–H groups in total. The first-order valence-electron chi connectivity index (χ1n) is 6.20. The smallest absolute Gasteiger partial charge is 0.202 e. The van der Waals surface area contributed by atoms with E-state index < -0.39 is 6.10 Å². The van der Waals surface area contributed by atoms with Crippen molar-refractivity contribution in [2.24, 2.45) is 0 Å². The van der Waals surface area contributed by atoms with Crippen LogP contribution in [0.2, 0.25) is 5.02 Å². The number of carbonyl (C=O) groups is 1. The predicted molar refractivity (Wildman–Crippen MR) is 84.8 cm³/mol. The summed E-state index contributed by atoms with van der Waals surface area (Å²) in [4.78, 5) is 12.3. The molecular formula is C16H14BrClO2. The van der Waals surface area contributed by atoms with Gasteiger partial charge >= 0.3 is 0 Å². The van der Waals surface area contributed by atoms with Crippen LogP contribution in [0, 0.1) is 6.92 Å². The lowest BCUT2D eigenvalue weighted by Gasteiger charge is -2.16. The van der Waals surface area contributed by atoms with Crippen molar-refractivity contribution in [2.75, 3.05) is 0 Å². The molecule has 0 bridgehead atoms. The lowest BCUT2D eigenvalue weighted by Crippen LogP contribution is -2.24. The Labute approximate surface area is 131 Å². The molecule has 2 nitrogen and oxygen atoms in total. The number of carbonyl (C=O) groups excluding carboxylic acids is 1. The minimum Gasteiger partial charge on any atom is -0.482 e. The Balaban J connectivity index is 2.15. The normalized spacial score (nSPS) is 12.0. The maximum atomic E-state index is 12.3. The topological polar surface area (TPSA) is 26.3 Å². The monoisotopic (exact) mass is 352 g/mol. The van der Waals surface area contributed by atoms with Gasteiger partial charge < -0.3 is 4.74 Å². The number of ether oxygens (including phenoxy) is 1. The predicted octanol–water partition coefficient (Wildman–Crippen LogP) is 5.06. The van der Waals surface area contributed by atoms with E-state index in [0.717, 1.165) is 10.0 Å². The fourth-order valence-corrected chi connectivity index (χ4v) is 2.26. The van der Waals surface area contributed by atoms with Crippen LogP contribution in [0.1, 0.15) is 22.8 Å². The molecule has 0 amide bonds. The lowest BCUT2D eigenvalue weighted by molar-refractivity contribution is 0.0817. The van der Waals surface area contributed by atoms with E-state index in [1.165, 1.54) is 0 Å². The zero-order valence-corrected chi connectivity index (χ0v) is 13.5. The second kappa shape index (κ2) is 6.42. The summed E-state index contributed by atoms with van der Waals surface area (Å²) in [5.41, 5.74) is 1.58. The van der Waals surface area contributed by atoms with Crippen LogP contribution in [-0.2, 0) is 0 Å². The van der Waals surface area contributed by atoms with Crippen LogP contribution in [0.3, 0.4) is 0 Å². The summed E-state index contributed by atoms with van der Waals surface area (Å²) in [5.74, 6) is 0.634. The van der Waals surface area contributed by atoms with Gasteiger partial charge in [-0.25, -0.2) is 0 Å². The number of aryl methyl sites for hydroxylation is 1. The molecule has 1 atom stereocenters. The van der Waals surface area contributed by atoms with Crippen molar-refractivity contribution in [2.45, 2.75) is 20.0 Å². The Bertz CT molecular complexity index is 623. The van der Waals surface area contributed by atoms with Gasteiger partial charge in [-0.15, -0.1) is 0 Å². The Morgan fingerprint density at radius 3 is 2.50 bits per heavy atom. The van der Waals surface area contributed by atoms with Gasteiger partial charge in [0.1, 0.15) is 5.75 Å². The molecule has 1 unspecified atom stereocenters. The number of hydrogen-bond acceptors (Lipinski definition) is 2. The third-order valence-electron chi connectivity index (χ3n) is 2.95. The van der Waals surface area contributed by atoms with Gasteiger partial charge in [0.25, 0.3) is 0 Å². The van der Waals surface area contributed by atoms with Crippen LogP contribution < -0.4 is 4.74 Å². The van der Waals surface area contributed by atoms with Gasteiger partial charge in [0.05, 0.1) is 0 Å². The molecule has 2 aromatic rings. The van der Waals surface area contributed by atoms with Crippen molar-refractivity contribution in [3.63, 3.8) is 0 Å². The Hall–Kier alpha value is -1.32. The first kappa shape index (κ1) is 15.1. The molecule has 4 heteroatoms. The van der Waals surface area contributed by atoms with Crippen LogP contribution in [0.25, 0.3) is 0 Å². The highest BCUT2D eigenvalue weighted by Crippen LogP contribution is 2.24. The van der Waals surface area contributed by atoms with Crippen LogP contribution in [0.5, 0.6) is 5.75 Å². The van der Waals surface area contributed by atoms with Crippen molar-refractivity contribution >= 4 is 33.3 Å². The van der Waals surface area contributed by atoms with E-state index in [0.29, 0.717) is 16.3 Å². The van der Waals surface area contributed by atoms with Gasteiger partial charge in [0, 0.05) is 15.1 Å². The molecule has 0 spiro atoms. The fraction of sp³-hybridized carbons (Fsp3) is 0.188. The van der Waals surface area contributed by atoms with E-state index in [4.69, 9.17) is 16.3 Å². The molecule has 0 heterocycles. The first-order chi connectivity index (χ1) is 9.47. The highest BCUT2D eigenvalue weighted by atomic mass is 79.9. The van der Waals surface area contributed by atoms with E-state index in [2.05, 4.69) is 15.9 Å². The summed E-state index contributed by atoms with van der Waals surface area (Å²) in [6.45, 7) is 3.69. The molecule has 2 rings (SSSR count). The van der Waals surface area contributed by atoms with E-state index in [1.54, 1.807) is 31.2 Å². The maximum Gasteiger partial charge on any atom is 0.202 e. The molecule has 0 aliphatic rings. The average Bonchev–Trinajstić information content (AvgIpc) is 2.43.